The van der Waals surface area contributed by atoms with Gasteiger partial charge in [0.05, 0.1) is 6.61 Å². The lowest BCUT2D eigenvalue weighted by molar-refractivity contribution is -0.185. The van der Waals surface area contributed by atoms with E-state index in [1.54, 1.807) is 0 Å². The molecule has 0 aliphatic carbocycles. The van der Waals surface area contributed by atoms with Crippen LogP contribution in [0, 0.1) is 6.61 Å². The van der Waals surface area contributed by atoms with Crippen molar-refractivity contribution in [3.8, 4) is 0 Å². The second-order valence-electron chi connectivity index (χ2n) is 2.50. The fourth-order valence-corrected chi connectivity index (χ4v) is 0.960. The fraction of sp³-hybridized carbons (Fsp3) is 0.833. The van der Waals surface area contributed by atoms with Gasteiger partial charge in [-0.3, -0.25) is 0 Å². The summed E-state index contributed by atoms with van der Waals surface area (Å²) >= 11 is 0. The van der Waals surface area contributed by atoms with Crippen LogP contribution in [0.3, 0.4) is 0 Å². The fourth-order valence-electron chi connectivity index (χ4n) is 0.960. The van der Waals surface area contributed by atoms with Gasteiger partial charge in [-0.25, -0.2) is 0 Å². The maximum absolute atomic E-state index is 9.08. The summed E-state index contributed by atoms with van der Waals surface area (Å²) in [5, 5.41) is 35.5. The average molecular weight is 163 g/mol. The van der Waals surface area contributed by atoms with Gasteiger partial charge in [0, 0.05) is 0 Å². The molecule has 0 aromatic rings. The van der Waals surface area contributed by atoms with E-state index in [-0.39, 0.29) is 6.61 Å². The number of hydrogen-bond donors (Lipinski definition) is 4. The van der Waals surface area contributed by atoms with Gasteiger partial charge in [0.25, 0.3) is 0 Å². The van der Waals surface area contributed by atoms with Crippen LogP contribution in [0.4, 0.5) is 0 Å². The van der Waals surface area contributed by atoms with Gasteiger partial charge >= 0.3 is 0 Å². The summed E-state index contributed by atoms with van der Waals surface area (Å²) in [5.41, 5.74) is 0. The van der Waals surface area contributed by atoms with E-state index < -0.39 is 24.4 Å². The van der Waals surface area contributed by atoms with Gasteiger partial charge < -0.3 is 25.2 Å². The molecule has 1 aliphatic heterocycles. The third kappa shape index (κ3) is 1.69. The van der Waals surface area contributed by atoms with Crippen LogP contribution in [0.25, 0.3) is 0 Å². The second kappa shape index (κ2) is 3.46. The monoisotopic (exact) mass is 163 g/mol. The molecule has 4 N–H and O–H groups in total. The molecule has 5 heteroatoms. The molecule has 5 nitrogen and oxygen atoms in total. The quantitative estimate of drug-likeness (QED) is 0.359. The van der Waals surface area contributed by atoms with E-state index in [0.717, 1.165) is 0 Å². The summed E-state index contributed by atoms with van der Waals surface area (Å²) in [5.74, 6) is 0. The molecule has 1 radical (unpaired) electrons. The van der Waals surface area contributed by atoms with Crippen LogP contribution < -0.4 is 0 Å². The zero-order valence-electron chi connectivity index (χ0n) is 5.79. The normalized spacial score (nSPS) is 45.8. The van der Waals surface area contributed by atoms with Crippen molar-refractivity contribution in [1.29, 1.82) is 0 Å². The van der Waals surface area contributed by atoms with Crippen molar-refractivity contribution in [2.45, 2.75) is 24.4 Å². The van der Waals surface area contributed by atoms with Crippen LogP contribution in [0.1, 0.15) is 0 Å². The highest BCUT2D eigenvalue weighted by Crippen LogP contribution is 2.16. The smallest absolute Gasteiger partial charge is 0.115 e. The molecule has 0 spiro atoms. The molecular weight excluding hydrogens is 152 g/mol. The van der Waals surface area contributed by atoms with Crippen LogP contribution in [-0.2, 0) is 4.74 Å². The molecule has 65 valence electrons. The van der Waals surface area contributed by atoms with Gasteiger partial charge in [0.15, 0.2) is 0 Å². The van der Waals surface area contributed by atoms with E-state index in [9.17, 15) is 0 Å². The first kappa shape index (κ1) is 8.89. The summed E-state index contributed by atoms with van der Waals surface area (Å²) in [6.45, 7) is 0.569. The molecule has 0 amide bonds. The molecule has 0 aromatic heterocycles. The predicted octanol–water partition coefficient (Wildman–Crippen LogP) is -2.00. The van der Waals surface area contributed by atoms with Crippen molar-refractivity contribution >= 4 is 0 Å². The Kier molecular flexibility index (Phi) is 2.80. The van der Waals surface area contributed by atoms with Gasteiger partial charge in [-0.15, -0.1) is 0 Å². The minimum absolute atomic E-state index is 0.0834. The molecule has 1 heterocycles. The topological polar surface area (TPSA) is 90.2 Å². The lowest BCUT2D eigenvalue weighted by atomic mass is 10.0. The van der Waals surface area contributed by atoms with Crippen molar-refractivity contribution in [2.24, 2.45) is 0 Å². The van der Waals surface area contributed by atoms with E-state index in [2.05, 4.69) is 0 Å². The molecule has 0 aromatic carbocycles. The molecule has 1 aliphatic rings. The Hall–Kier alpha value is -0.200. The molecule has 1 saturated heterocycles. The maximum Gasteiger partial charge on any atom is 0.115 e. The minimum atomic E-state index is -1.26. The predicted molar refractivity (Wildman–Crippen MR) is 34.0 cm³/mol. The molecule has 4 atom stereocenters. The summed E-state index contributed by atoms with van der Waals surface area (Å²) in [6.07, 6.45) is -4.50. The van der Waals surface area contributed by atoms with Gasteiger partial charge in [0.2, 0.25) is 0 Å². The molecule has 0 saturated carbocycles. The van der Waals surface area contributed by atoms with Crippen LogP contribution in [0.5, 0.6) is 0 Å². The summed E-state index contributed by atoms with van der Waals surface area (Å²) in [6, 6.07) is 0. The molecule has 1 fully saturated rings. The minimum Gasteiger partial charge on any atom is -0.388 e. The van der Waals surface area contributed by atoms with Crippen molar-refractivity contribution in [1.82, 2.24) is 0 Å². The highest BCUT2D eigenvalue weighted by Gasteiger charge is 2.37. The zero-order valence-corrected chi connectivity index (χ0v) is 5.79. The maximum atomic E-state index is 9.08. The van der Waals surface area contributed by atoms with E-state index in [1.807, 2.05) is 0 Å². The second-order valence-corrected chi connectivity index (χ2v) is 2.50. The number of ether oxygens (including phenoxy) is 1. The molecular formula is C6H11O5. The van der Waals surface area contributed by atoms with Crippen LogP contribution >= 0.6 is 0 Å². The third-order valence-electron chi connectivity index (χ3n) is 1.69. The molecule has 1 rings (SSSR count). The highest BCUT2D eigenvalue weighted by molar-refractivity contribution is 4.89. The molecule has 0 unspecified atom stereocenters. The van der Waals surface area contributed by atoms with E-state index in [1.165, 1.54) is 0 Å². The zero-order chi connectivity index (χ0) is 8.43. The van der Waals surface area contributed by atoms with Crippen molar-refractivity contribution in [3.05, 3.63) is 6.61 Å². The lowest BCUT2D eigenvalue weighted by Gasteiger charge is -2.33. The summed E-state index contributed by atoms with van der Waals surface area (Å²) < 4.78 is 4.76. The van der Waals surface area contributed by atoms with Crippen molar-refractivity contribution in [2.75, 3.05) is 6.61 Å². The first-order valence-corrected chi connectivity index (χ1v) is 3.30. The van der Waals surface area contributed by atoms with E-state index in [0.29, 0.717) is 6.61 Å². The van der Waals surface area contributed by atoms with E-state index >= 15 is 0 Å². The Labute approximate surface area is 63.8 Å². The Morgan fingerprint density at radius 1 is 1.18 bits per heavy atom. The standard InChI is InChI=1S/C6H11O5/c7-1-4-6(10)5(9)3(8)2-11-4/h1,3-10H,2H2/t3-,4+,5+,6-/m0/s1. The SMILES string of the molecule is O[CH][C@H]1OC[C@H](O)[C@@H](O)[C@H]1O. The Bertz CT molecular complexity index is 126. The average Bonchev–Trinajstić information content (AvgIpc) is 2.01. The first-order chi connectivity index (χ1) is 5.16. The molecule has 11 heavy (non-hydrogen) atoms. The highest BCUT2D eigenvalue weighted by atomic mass is 16.5. The van der Waals surface area contributed by atoms with Crippen molar-refractivity contribution in [3.63, 3.8) is 0 Å². The number of rotatable bonds is 1. The van der Waals surface area contributed by atoms with Gasteiger partial charge in [-0.1, -0.05) is 0 Å². The Balaban J connectivity index is 2.52. The first-order valence-electron chi connectivity index (χ1n) is 3.30. The van der Waals surface area contributed by atoms with E-state index in [4.69, 9.17) is 25.2 Å². The van der Waals surface area contributed by atoms with Crippen LogP contribution in [0.15, 0.2) is 0 Å². The third-order valence-corrected chi connectivity index (χ3v) is 1.69. The van der Waals surface area contributed by atoms with Gasteiger partial charge in [-0.2, -0.15) is 0 Å². The Morgan fingerprint density at radius 2 is 1.82 bits per heavy atom. The number of hydrogen-bond acceptors (Lipinski definition) is 5. The van der Waals surface area contributed by atoms with Crippen LogP contribution in [0.2, 0.25) is 0 Å². The largest absolute Gasteiger partial charge is 0.388 e. The Morgan fingerprint density at radius 3 is 2.36 bits per heavy atom. The molecule has 0 bridgehead atoms. The number of aliphatic hydroxyl groups is 4. The van der Waals surface area contributed by atoms with Gasteiger partial charge in [-0.05, 0) is 0 Å². The summed E-state index contributed by atoms with van der Waals surface area (Å²) in [7, 11) is 0. The van der Waals surface area contributed by atoms with Gasteiger partial charge in [0.1, 0.15) is 31.0 Å². The lowest BCUT2D eigenvalue weighted by Crippen LogP contribution is -2.52. The van der Waals surface area contributed by atoms with Crippen molar-refractivity contribution < 1.29 is 25.2 Å². The van der Waals surface area contributed by atoms with Crippen LogP contribution in [-0.4, -0.2) is 51.4 Å². The summed E-state index contributed by atoms with van der Waals surface area (Å²) in [4.78, 5) is 0. The number of aliphatic hydroxyl groups excluding tert-OH is 4.